The number of H-pyrrole nitrogens is 1. The van der Waals surface area contributed by atoms with Crippen molar-refractivity contribution in [2.24, 2.45) is 0 Å². The molecule has 0 amide bonds. The van der Waals surface area contributed by atoms with Gasteiger partial charge in [-0.1, -0.05) is 0 Å². The number of rotatable bonds is 7. The van der Waals surface area contributed by atoms with Gasteiger partial charge in [0.05, 0.1) is 32.6 Å². The Kier molecular flexibility index (Phi) is 6.45. The second-order valence-corrected chi connectivity index (χ2v) is 6.09. The Balaban J connectivity index is 2.26. The summed E-state index contributed by atoms with van der Waals surface area (Å²) >= 11 is 0. The van der Waals surface area contributed by atoms with Gasteiger partial charge in [0, 0.05) is 5.69 Å². The minimum absolute atomic E-state index is 0.135. The Morgan fingerprint density at radius 1 is 1.00 bits per heavy atom. The van der Waals surface area contributed by atoms with E-state index in [1.165, 1.54) is 34.3 Å². The Labute approximate surface area is 162 Å². The summed E-state index contributed by atoms with van der Waals surface area (Å²) in [5.41, 5.74) is 1.56. The molecule has 8 heteroatoms. The van der Waals surface area contributed by atoms with Gasteiger partial charge in [-0.3, -0.25) is 4.79 Å². The minimum Gasteiger partial charge on any atom is -0.497 e. The van der Waals surface area contributed by atoms with Crippen LogP contribution in [-0.4, -0.2) is 50.1 Å². The molecule has 0 aliphatic carbocycles. The standard InChI is InChI=1S/C20H23NO7/c1-10-16(20(24)27-6)11(2)21-17(10)18(22)12(3)28-19(23)14-9-13(25-4)7-8-15(14)26-5/h7-9,12,21H,1-6H3/t12-/m0/s1. The summed E-state index contributed by atoms with van der Waals surface area (Å²) in [7, 11) is 4.16. The topological polar surface area (TPSA) is 104 Å². The second kappa shape index (κ2) is 8.60. The molecule has 1 heterocycles. The predicted molar refractivity (Wildman–Crippen MR) is 100 cm³/mol. The fraction of sp³-hybridized carbons (Fsp3) is 0.350. The average Bonchev–Trinajstić information content (AvgIpc) is 2.99. The van der Waals surface area contributed by atoms with E-state index in [1.807, 2.05) is 0 Å². The van der Waals surface area contributed by atoms with Gasteiger partial charge < -0.3 is 23.9 Å². The zero-order valence-electron chi connectivity index (χ0n) is 16.7. The lowest BCUT2D eigenvalue weighted by Crippen LogP contribution is -2.25. The van der Waals surface area contributed by atoms with E-state index in [-0.39, 0.29) is 11.3 Å². The number of ether oxygens (including phenoxy) is 4. The summed E-state index contributed by atoms with van der Waals surface area (Å²) in [6.45, 7) is 4.75. The highest BCUT2D eigenvalue weighted by Gasteiger charge is 2.28. The maximum absolute atomic E-state index is 12.8. The van der Waals surface area contributed by atoms with Crippen LogP contribution in [-0.2, 0) is 9.47 Å². The highest BCUT2D eigenvalue weighted by molar-refractivity contribution is 6.04. The second-order valence-electron chi connectivity index (χ2n) is 6.09. The van der Waals surface area contributed by atoms with E-state index >= 15 is 0 Å². The molecule has 1 N–H and O–H groups in total. The number of hydrogen-bond acceptors (Lipinski definition) is 7. The van der Waals surface area contributed by atoms with Crippen molar-refractivity contribution in [1.82, 2.24) is 4.98 Å². The lowest BCUT2D eigenvalue weighted by molar-refractivity contribution is 0.0313. The minimum atomic E-state index is -1.09. The average molecular weight is 389 g/mol. The molecule has 150 valence electrons. The molecule has 1 aromatic carbocycles. The smallest absolute Gasteiger partial charge is 0.342 e. The first kappa shape index (κ1) is 21.0. The third kappa shape index (κ3) is 4.00. The first-order chi connectivity index (χ1) is 13.2. The van der Waals surface area contributed by atoms with E-state index in [9.17, 15) is 14.4 Å². The molecule has 0 aliphatic heterocycles. The zero-order chi connectivity index (χ0) is 21.0. The highest BCUT2D eigenvalue weighted by atomic mass is 16.5. The molecule has 1 aromatic heterocycles. The maximum atomic E-state index is 12.8. The number of Topliss-reactive ketones (excluding diaryl/α,β-unsaturated/α-hetero) is 1. The Hall–Kier alpha value is -3.29. The monoisotopic (exact) mass is 389 g/mol. The molecule has 8 nitrogen and oxygen atoms in total. The number of methoxy groups -OCH3 is 3. The summed E-state index contributed by atoms with van der Waals surface area (Å²) in [6, 6.07) is 4.68. The number of esters is 2. The predicted octanol–water partition coefficient (Wildman–Crippen LogP) is 2.86. The Morgan fingerprint density at radius 2 is 1.68 bits per heavy atom. The maximum Gasteiger partial charge on any atom is 0.342 e. The van der Waals surface area contributed by atoms with Crippen LogP contribution in [0.4, 0.5) is 0 Å². The highest BCUT2D eigenvalue weighted by Crippen LogP contribution is 2.26. The number of ketones is 1. The van der Waals surface area contributed by atoms with Gasteiger partial charge in [-0.05, 0) is 44.5 Å². The lowest BCUT2D eigenvalue weighted by atomic mass is 10.1. The number of carbonyl (C=O) groups excluding carboxylic acids is 3. The molecular formula is C20H23NO7. The van der Waals surface area contributed by atoms with Crippen molar-refractivity contribution in [2.45, 2.75) is 26.9 Å². The van der Waals surface area contributed by atoms with Crippen LogP contribution < -0.4 is 9.47 Å². The van der Waals surface area contributed by atoms with Crippen molar-refractivity contribution in [3.8, 4) is 11.5 Å². The SMILES string of the molecule is COC(=O)c1c(C)[nH]c(C(=O)[C@H](C)OC(=O)c2cc(OC)ccc2OC)c1C. The largest absolute Gasteiger partial charge is 0.497 e. The van der Waals surface area contributed by atoms with Gasteiger partial charge in [0.25, 0.3) is 0 Å². The van der Waals surface area contributed by atoms with Gasteiger partial charge >= 0.3 is 11.9 Å². The number of benzene rings is 1. The van der Waals surface area contributed by atoms with Crippen molar-refractivity contribution < 1.29 is 33.3 Å². The van der Waals surface area contributed by atoms with E-state index in [2.05, 4.69) is 4.98 Å². The number of hydrogen-bond donors (Lipinski definition) is 1. The first-order valence-electron chi connectivity index (χ1n) is 8.49. The summed E-state index contributed by atoms with van der Waals surface area (Å²) in [6.07, 6.45) is -1.09. The van der Waals surface area contributed by atoms with Crippen molar-refractivity contribution in [2.75, 3.05) is 21.3 Å². The summed E-state index contributed by atoms with van der Waals surface area (Å²) in [4.78, 5) is 40.1. The molecule has 0 unspecified atom stereocenters. The quantitative estimate of drug-likeness (QED) is 0.573. The lowest BCUT2D eigenvalue weighted by Gasteiger charge is -2.14. The molecule has 0 spiro atoms. The summed E-state index contributed by atoms with van der Waals surface area (Å²) in [5, 5.41) is 0. The van der Waals surface area contributed by atoms with Crippen molar-refractivity contribution in [3.63, 3.8) is 0 Å². The molecule has 28 heavy (non-hydrogen) atoms. The van der Waals surface area contributed by atoms with Crippen molar-refractivity contribution in [3.05, 3.63) is 46.3 Å². The Bertz CT molecular complexity index is 914. The van der Waals surface area contributed by atoms with Gasteiger partial charge in [0.1, 0.15) is 17.1 Å². The fourth-order valence-corrected chi connectivity index (χ4v) is 2.86. The van der Waals surface area contributed by atoms with Crippen LogP contribution in [0.5, 0.6) is 11.5 Å². The van der Waals surface area contributed by atoms with Gasteiger partial charge in [-0.25, -0.2) is 9.59 Å². The number of aromatic amines is 1. The number of aryl methyl sites for hydroxylation is 1. The molecule has 0 saturated carbocycles. The van der Waals surface area contributed by atoms with Crippen LogP contribution in [0.15, 0.2) is 18.2 Å². The summed E-state index contributed by atoms with van der Waals surface area (Å²) < 4.78 is 20.3. The van der Waals surface area contributed by atoms with E-state index < -0.39 is 23.8 Å². The molecule has 0 bridgehead atoms. The van der Waals surface area contributed by atoms with Crippen LogP contribution >= 0.6 is 0 Å². The van der Waals surface area contributed by atoms with Crippen LogP contribution in [0.25, 0.3) is 0 Å². The molecule has 0 aliphatic rings. The van der Waals surface area contributed by atoms with Gasteiger partial charge in [-0.15, -0.1) is 0 Å². The molecule has 0 saturated heterocycles. The first-order valence-corrected chi connectivity index (χ1v) is 8.49. The molecule has 0 fully saturated rings. The molecule has 2 aromatic rings. The fourth-order valence-electron chi connectivity index (χ4n) is 2.86. The van der Waals surface area contributed by atoms with Gasteiger partial charge in [0.15, 0.2) is 6.10 Å². The van der Waals surface area contributed by atoms with E-state index in [0.29, 0.717) is 28.3 Å². The zero-order valence-corrected chi connectivity index (χ0v) is 16.7. The Morgan fingerprint density at radius 3 is 2.25 bits per heavy atom. The molecule has 1 atom stereocenters. The van der Waals surface area contributed by atoms with E-state index in [1.54, 1.807) is 26.0 Å². The third-order valence-electron chi connectivity index (χ3n) is 4.35. The number of carbonyl (C=O) groups is 3. The molecule has 2 rings (SSSR count). The molecule has 0 radical (unpaired) electrons. The third-order valence-corrected chi connectivity index (χ3v) is 4.35. The van der Waals surface area contributed by atoms with Gasteiger partial charge in [-0.2, -0.15) is 0 Å². The summed E-state index contributed by atoms with van der Waals surface area (Å²) in [5.74, 6) is -0.997. The van der Waals surface area contributed by atoms with Crippen LogP contribution in [0.3, 0.4) is 0 Å². The van der Waals surface area contributed by atoms with E-state index in [4.69, 9.17) is 18.9 Å². The molecular weight excluding hydrogens is 366 g/mol. The number of nitrogens with one attached hydrogen (secondary N) is 1. The van der Waals surface area contributed by atoms with Gasteiger partial charge in [0.2, 0.25) is 5.78 Å². The van der Waals surface area contributed by atoms with E-state index in [0.717, 1.165) is 0 Å². The van der Waals surface area contributed by atoms with Crippen molar-refractivity contribution in [1.29, 1.82) is 0 Å². The van der Waals surface area contributed by atoms with Crippen LogP contribution in [0.2, 0.25) is 0 Å². The van der Waals surface area contributed by atoms with Crippen LogP contribution in [0, 0.1) is 13.8 Å². The normalized spacial score (nSPS) is 11.5. The number of aromatic nitrogens is 1. The van der Waals surface area contributed by atoms with Crippen LogP contribution in [0.1, 0.15) is 49.4 Å². The van der Waals surface area contributed by atoms with Crippen molar-refractivity contribution >= 4 is 17.7 Å².